The highest BCUT2D eigenvalue weighted by Crippen LogP contribution is 2.21. The molecule has 1 aromatic carbocycles. The lowest BCUT2D eigenvalue weighted by Crippen LogP contribution is -2.41. The highest BCUT2D eigenvalue weighted by molar-refractivity contribution is 6.04. The molecule has 2 N–H and O–H groups in total. The van der Waals surface area contributed by atoms with Crippen LogP contribution in [0.2, 0.25) is 0 Å². The summed E-state index contributed by atoms with van der Waals surface area (Å²) < 4.78 is 9.87. The molecule has 0 unspecified atom stereocenters. The lowest BCUT2D eigenvalue weighted by Gasteiger charge is -2.23. The molecule has 0 aliphatic rings. The van der Waals surface area contributed by atoms with E-state index in [1.165, 1.54) is 7.11 Å². The van der Waals surface area contributed by atoms with E-state index in [9.17, 15) is 14.4 Å². The van der Waals surface area contributed by atoms with Crippen LogP contribution in [0.15, 0.2) is 24.3 Å². The first-order valence-electron chi connectivity index (χ1n) is 9.15. The summed E-state index contributed by atoms with van der Waals surface area (Å²) in [5.41, 5.74) is 2.47. The van der Waals surface area contributed by atoms with Gasteiger partial charge < -0.3 is 19.8 Å². The fraction of sp³-hybridized carbons (Fsp3) is 0.381. The maximum atomic E-state index is 12.9. The third-order valence-corrected chi connectivity index (χ3v) is 4.88. The number of ether oxygens (including phenoxy) is 2. The summed E-state index contributed by atoms with van der Waals surface area (Å²) in [6, 6.07) is 6.41. The Hall–Kier alpha value is -3.13. The van der Waals surface area contributed by atoms with Crippen molar-refractivity contribution in [3.63, 3.8) is 0 Å². The molecule has 0 fully saturated rings. The normalized spacial score (nSPS) is 11.8. The minimum Gasteiger partial charge on any atom is -0.497 e. The van der Waals surface area contributed by atoms with Gasteiger partial charge in [-0.15, -0.1) is 0 Å². The van der Waals surface area contributed by atoms with E-state index in [2.05, 4.69) is 10.3 Å². The predicted molar refractivity (Wildman–Crippen MR) is 110 cm³/mol. The summed E-state index contributed by atoms with van der Waals surface area (Å²) in [5, 5.41) is 2.79. The molecule has 0 spiro atoms. The predicted octanol–water partition coefficient (Wildman–Crippen LogP) is 2.57. The first kappa shape index (κ1) is 22.2. The quantitative estimate of drug-likeness (QED) is 0.521. The molecular weight excluding hydrogens is 374 g/mol. The molecule has 1 atom stereocenters. The first-order valence-corrected chi connectivity index (χ1v) is 9.15. The molecule has 29 heavy (non-hydrogen) atoms. The van der Waals surface area contributed by atoms with Gasteiger partial charge in [0.25, 0.3) is 0 Å². The second kappa shape index (κ2) is 9.38. The van der Waals surface area contributed by atoms with Crippen molar-refractivity contribution in [1.82, 2.24) is 9.88 Å². The molecule has 8 nitrogen and oxygen atoms in total. The van der Waals surface area contributed by atoms with Crippen molar-refractivity contribution in [2.45, 2.75) is 26.8 Å². The lowest BCUT2D eigenvalue weighted by atomic mass is 10.0. The Morgan fingerprint density at radius 1 is 1.14 bits per heavy atom. The SMILES string of the molecule is COC(=O)c1c(C)[nH]c(C(=O)[C@@H](C)N(C)CC(=O)Nc2ccc(OC)cc2)c1C. The number of nitrogens with zero attached hydrogens (tertiary/aromatic N) is 1. The summed E-state index contributed by atoms with van der Waals surface area (Å²) in [6.07, 6.45) is 0. The van der Waals surface area contributed by atoms with E-state index in [1.807, 2.05) is 0 Å². The number of aromatic nitrogens is 1. The molecule has 0 radical (unpaired) electrons. The number of carbonyl (C=O) groups is 3. The number of aryl methyl sites for hydroxylation is 1. The third kappa shape index (κ3) is 5.03. The number of hydrogen-bond donors (Lipinski definition) is 2. The van der Waals surface area contributed by atoms with Crippen molar-refractivity contribution in [2.75, 3.05) is 33.1 Å². The van der Waals surface area contributed by atoms with E-state index in [1.54, 1.807) is 64.1 Å². The van der Waals surface area contributed by atoms with Gasteiger partial charge in [-0.3, -0.25) is 14.5 Å². The number of benzene rings is 1. The summed E-state index contributed by atoms with van der Waals surface area (Å²) >= 11 is 0. The second-order valence-electron chi connectivity index (χ2n) is 6.85. The summed E-state index contributed by atoms with van der Waals surface area (Å²) in [7, 11) is 4.57. The van der Waals surface area contributed by atoms with Gasteiger partial charge in [0, 0.05) is 11.4 Å². The zero-order valence-electron chi connectivity index (χ0n) is 17.6. The third-order valence-electron chi connectivity index (χ3n) is 4.88. The number of carbonyl (C=O) groups excluding carboxylic acids is 3. The Morgan fingerprint density at radius 3 is 2.31 bits per heavy atom. The van der Waals surface area contributed by atoms with Crippen LogP contribution in [0.25, 0.3) is 0 Å². The van der Waals surface area contributed by atoms with Crippen molar-refractivity contribution >= 4 is 23.3 Å². The van der Waals surface area contributed by atoms with Gasteiger partial charge in [0.05, 0.1) is 38.1 Å². The van der Waals surface area contributed by atoms with Gasteiger partial charge in [0.1, 0.15) is 5.75 Å². The number of methoxy groups -OCH3 is 2. The van der Waals surface area contributed by atoms with Crippen LogP contribution in [-0.2, 0) is 9.53 Å². The Bertz CT molecular complexity index is 902. The lowest BCUT2D eigenvalue weighted by molar-refractivity contribution is -0.117. The first-order chi connectivity index (χ1) is 13.7. The molecular formula is C21H27N3O5. The number of H-pyrrole nitrogens is 1. The molecule has 156 valence electrons. The molecule has 0 saturated heterocycles. The number of likely N-dealkylation sites (N-methyl/N-ethyl adjacent to an activating group) is 1. The number of esters is 1. The summed E-state index contributed by atoms with van der Waals surface area (Å²) in [4.78, 5) is 41.8. The zero-order valence-corrected chi connectivity index (χ0v) is 17.6. The average Bonchev–Trinajstić information content (AvgIpc) is 3.00. The summed E-state index contributed by atoms with van der Waals surface area (Å²) in [5.74, 6) is -0.245. The minimum absolute atomic E-state index is 0.0293. The molecule has 0 aliphatic carbocycles. The van der Waals surface area contributed by atoms with Crippen LogP contribution in [0.5, 0.6) is 5.75 Å². The van der Waals surface area contributed by atoms with Gasteiger partial charge in [-0.25, -0.2) is 4.79 Å². The number of Topliss-reactive ketones (excluding diaryl/α,β-unsaturated/α-hetero) is 1. The van der Waals surface area contributed by atoms with E-state index in [-0.39, 0.29) is 18.2 Å². The van der Waals surface area contributed by atoms with Crippen LogP contribution in [0, 0.1) is 13.8 Å². The van der Waals surface area contributed by atoms with Crippen LogP contribution >= 0.6 is 0 Å². The van der Waals surface area contributed by atoms with Crippen molar-refractivity contribution in [3.8, 4) is 5.75 Å². The van der Waals surface area contributed by atoms with Crippen molar-refractivity contribution < 1.29 is 23.9 Å². The van der Waals surface area contributed by atoms with E-state index in [0.717, 1.165) is 0 Å². The van der Waals surface area contributed by atoms with Gasteiger partial charge >= 0.3 is 5.97 Å². The van der Waals surface area contributed by atoms with E-state index < -0.39 is 12.0 Å². The van der Waals surface area contributed by atoms with Crippen LogP contribution in [0.3, 0.4) is 0 Å². The van der Waals surface area contributed by atoms with E-state index >= 15 is 0 Å². The van der Waals surface area contributed by atoms with Crippen LogP contribution in [-0.4, -0.2) is 61.4 Å². The molecule has 1 aromatic heterocycles. The molecule has 2 rings (SSSR count). The fourth-order valence-electron chi connectivity index (χ4n) is 3.05. The largest absolute Gasteiger partial charge is 0.497 e. The van der Waals surface area contributed by atoms with Crippen molar-refractivity contribution in [3.05, 3.63) is 46.8 Å². The maximum absolute atomic E-state index is 12.9. The summed E-state index contributed by atoms with van der Waals surface area (Å²) in [6.45, 7) is 5.16. The van der Waals surface area contributed by atoms with Crippen LogP contribution < -0.4 is 10.1 Å². The number of ketones is 1. The van der Waals surface area contributed by atoms with Gasteiger partial charge in [-0.1, -0.05) is 0 Å². The number of amides is 1. The van der Waals surface area contributed by atoms with Gasteiger partial charge in [-0.05, 0) is 57.6 Å². The highest BCUT2D eigenvalue weighted by atomic mass is 16.5. The second-order valence-corrected chi connectivity index (χ2v) is 6.85. The molecule has 0 bridgehead atoms. The smallest absolute Gasteiger partial charge is 0.339 e. The molecule has 0 aliphatic heterocycles. The van der Waals surface area contributed by atoms with Crippen molar-refractivity contribution in [2.24, 2.45) is 0 Å². The van der Waals surface area contributed by atoms with Crippen molar-refractivity contribution in [1.29, 1.82) is 0 Å². The fourth-order valence-corrected chi connectivity index (χ4v) is 3.05. The number of rotatable bonds is 8. The Balaban J connectivity index is 2.05. The Labute approximate surface area is 170 Å². The minimum atomic E-state index is -0.570. The molecule has 0 saturated carbocycles. The molecule has 2 aromatic rings. The number of hydrogen-bond acceptors (Lipinski definition) is 6. The standard InChI is InChI=1S/C21H27N3O5/c1-12-18(21(27)29-6)13(2)22-19(12)20(26)14(3)24(4)11-17(25)23-15-7-9-16(28-5)10-8-15/h7-10,14,22H,11H2,1-6H3,(H,23,25)/t14-/m1/s1. The average molecular weight is 401 g/mol. The molecule has 1 amide bonds. The van der Waals surface area contributed by atoms with Gasteiger partial charge in [-0.2, -0.15) is 0 Å². The maximum Gasteiger partial charge on any atom is 0.339 e. The monoisotopic (exact) mass is 401 g/mol. The van der Waals surface area contributed by atoms with Gasteiger partial charge in [0.2, 0.25) is 5.91 Å². The number of anilines is 1. The number of aromatic amines is 1. The molecule has 1 heterocycles. The Kier molecular flexibility index (Phi) is 7.17. The zero-order chi connectivity index (χ0) is 21.7. The topological polar surface area (TPSA) is 101 Å². The molecule has 8 heteroatoms. The van der Waals surface area contributed by atoms with Gasteiger partial charge in [0.15, 0.2) is 5.78 Å². The van der Waals surface area contributed by atoms with Crippen LogP contribution in [0.4, 0.5) is 5.69 Å². The van der Waals surface area contributed by atoms with E-state index in [0.29, 0.717) is 34.0 Å². The number of nitrogens with one attached hydrogen (secondary N) is 2. The van der Waals surface area contributed by atoms with E-state index in [4.69, 9.17) is 9.47 Å². The Morgan fingerprint density at radius 2 is 1.76 bits per heavy atom. The van der Waals surface area contributed by atoms with Crippen LogP contribution in [0.1, 0.15) is 39.0 Å². The highest BCUT2D eigenvalue weighted by Gasteiger charge is 2.27.